The van der Waals surface area contributed by atoms with Crippen LogP contribution >= 0.6 is 0 Å². The van der Waals surface area contributed by atoms with Crippen LogP contribution in [0.2, 0.25) is 0 Å². The van der Waals surface area contributed by atoms with E-state index in [9.17, 15) is 0 Å². The second kappa shape index (κ2) is 5.38. The first-order chi connectivity index (χ1) is 7.06. The molecule has 0 unspecified atom stereocenters. The summed E-state index contributed by atoms with van der Waals surface area (Å²) in [7, 11) is 0. The van der Waals surface area contributed by atoms with Crippen LogP contribution in [-0.4, -0.2) is 11.4 Å². The van der Waals surface area contributed by atoms with E-state index in [0.717, 1.165) is 17.8 Å². The van der Waals surface area contributed by atoms with Crippen molar-refractivity contribution in [2.75, 3.05) is 6.54 Å². The number of allylic oxidation sites excluding steroid dienone is 4. The Kier molecular flexibility index (Phi) is 5.05. The molecule has 0 bridgehead atoms. The zero-order chi connectivity index (χ0) is 13.1. The van der Waals surface area contributed by atoms with Crippen molar-refractivity contribution >= 4 is 0 Å². The number of rotatable bonds is 4. The molecule has 0 aromatic carbocycles. The highest BCUT2D eigenvalue weighted by atomic mass is 15.1. The van der Waals surface area contributed by atoms with E-state index in [0.29, 0.717) is 0 Å². The van der Waals surface area contributed by atoms with E-state index in [1.165, 1.54) is 11.3 Å². The van der Waals surface area contributed by atoms with Crippen LogP contribution in [-0.2, 0) is 0 Å². The number of nitrogens with zero attached hydrogens (tertiary/aromatic N) is 1. The van der Waals surface area contributed by atoms with Crippen LogP contribution in [0.25, 0.3) is 0 Å². The molecule has 0 aromatic heterocycles. The molecular weight excluding hydrogens is 194 g/mol. The van der Waals surface area contributed by atoms with E-state index in [4.69, 9.17) is 0 Å². The maximum absolute atomic E-state index is 4.06. The van der Waals surface area contributed by atoms with Gasteiger partial charge in [0.2, 0.25) is 0 Å². The van der Waals surface area contributed by atoms with Gasteiger partial charge in [-0.3, -0.25) is 0 Å². The Morgan fingerprint density at radius 2 is 1.44 bits per heavy atom. The highest BCUT2D eigenvalue weighted by molar-refractivity contribution is 5.29. The molecule has 0 aliphatic carbocycles. The van der Waals surface area contributed by atoms with E-state index in [2.05, 4.69) is 59.6 Å². The summed E-state index contributed by atoms with van der Waals surface area (Å²) in [6, 6.07) is 0. The maximum atomic E-state index is 4.06. The average molecular weight is 221 g/mol. The lowest BCUT2D eigenvalue weighted by atomic mass is 9.95. The zero-order valence-electron chi connectivity index (χ0n) is 12.1. The summed E-state index contributed by atoms with van der Waals surface area (Å²) >= 11 is 0. The molecule has 1 heteroatoms. The van der Waals surface area contributed by atoms with Crippen LogP contribution in [0.4, 0.5) is 0 Å². The van der Waals surface area contributed by atoms with Gasteiger partial charge < -0.3 is 4.90 Å². The third kappa shape index (κ3) is 4.69. The SMILES string of the molecule is C=C(C)/C(C)=C(/C)N(CC(C)(C)C)C(=C)C. The topological polar surface area (TPSA) is 3.24 Å². The Hall–Kier alpha value is -0.980. The summed E-state index contributed by atoms with van der Waals surface area (Å²) in [4.78, 5) is 2.28. The molecule has 0 aliphatic rings. The largest absolute Gasteiger partial charge is 0.349 e. The first-order valence-electron chi connectivity index (χ1n) is 5.82. The Balaban J connectivity index is 5.16. The predicted octanol–water partition coefficient (Wildman–Crippen LogP) is 4.74. The maximum Gasteiger partial charge on any atom is 0.0273 e. The fourth-order valence-corrected chi connectivity index (χ4v) is 1.53. The second-order valence-electron chi connectivity index (χ2n) is 5.87. The van der Waals surface area contributed by atoms with Crippen molar-refractivity contribution in [3.05, 3.63) is 35.7 Å². The van der Waals surface area contributed by atoms with Crippen LogP contribution < -0.4 is 0 Å². The smallest absolute Gasteiger partial charge is 0.0273 e. The summed E-state index contributed by atoms with van der Waals surface area (Å²) in [5.74, 6) is 0. The van der Waals surface area contributed by atoms with Crippen LogP contribution in [0.1, 0.15) is 48.5 Å². The average Bonchev–Trinajstić information content (AvgIpc) is 2.09. The monoisotopic (exact) mass is 221 g/mol. The van der Waals surface area contributed by atoms with Gasteiger partial charge in [0.25, 0.3) is 0 Å². The minimum Gasteiger partial charge on any atom is -0.349 e. The van der Waals surface area contributed by atoms with Gasteiger partial charge in [0.15, 0.2) is 0 Å². The minimum absolute atomic E-state index is 0.259. The van der Waals surface area contributed by atoms with E-state index >= 15 is 0 Å². The van der Waals surface area contributed by atoms with Crippen molar-refractivity contribution in [3.63, 3.8) is 0 Å². The van der Waals surface area contributed by atoms with Crippen molar-refractivity contribution in [1.82, 2.24) is 4.90 Å². The molecular formula is C15H27N. The van der Waals surface area contributed by atoms with Gasteiger partial charge in [0.1, 0.15) is 0 Å². The third-order valence-corrected chi connectivity index (χ3v) is 2.68. The first-order valence-corrected chi connectivity index (χ1v) is 5.82. The predicted molar refractivity (Wildman–Crippen MR) is 74.2 cm³/mol. The Labute approximate surface area is 102 Å². The van der Waals surface area contributed by atoms with E-state index in [-0.39, 0.29) is 5.41 Å². The molecule has 92 valence electrons. The van der Waals surface area contributed by atoms with Gasteiger partial charge >= 0.3 is 0 Å². The summed E-state index contributed by atoms with van der Waals surface area (Å²) in [5, 5.41) is 0. The molecule has 0 heterocycles. The molecule has 0 saturated carbocycles. The number of hydrogen-bond donors (Lipinski definition) is 0. The molecule has 0 radical (unpaired) electrons. The molecule has 0 N–H and O–H groups in total. The van der Waals surface area contributed by atoms with E-state index in [1.54, 1.807) is 0 Å². The minimum atomic E-state index is 0.259. The lowest BCUT2D eigenvalue weighted by Gasteiger charge is -2.33. The fraction of sp³-hybridized carbons (Fsp3) is 0.600. The molecule has 0 fully saturated rings. The standard InChI is InChI=1S/C15H27N/c1-11(2)13(5)14(6)16(12(3)4)10-15(7,8)9/h1,3,10H2,2,4-9H3/b14-13-. The van der Waals surface area contributed by atoms with Crippen LogP contribution in [0.3, 0.4) is 0 Å². The van der Waals surface area contributed by atoms with Gasteiger partial charge in [0.05, 0.1) is 0 Å². The highest BCUT2D eigenvalue weighted by Crippen LogP contribution is 2.24. The molecule has 0 amide bonds. The molecule has 0 aromatic rings. The van der Waals surface area contributed by atoms with Crippen LogP contribution in [0.15, 0.2) is 35.7 Å². The van der Waals surface area contributed by atoms with Crippen molar-refractivity contribution < 1.29 is 0 Å². The molecule has 0 spiro atoms. The van der Waals surface area contributed by atoms with Crippen molar-refractivity contribution in [2.45, 2.75) is 48.5 Å². The van der Waals surface area contributed by atoms with Gasteiger partial charge in [0, 0.05) is 17.9 Å². The molecule has 0 atom stereocenters. The lowest BCUT2D eigenvalue weighted by molar-refractivity contribution is 0.275. The van der Waals surface area contributed by atoms with Crippen molar-refractivity contribution in [3.8, 4) is 0 Å². The van der Waals surface area contributed by atoms with Gasteiger partial charge in [-0.2, -0.15) is 0 Å². The van der Waals surface area contributed by atoms with Crippen molar-refractivity contribution in [1.29, 1.82) is 0 Å². The van der Waals surface area contributed by atoms with Crippen LogP contribution in [0.5, 0.6) is 0 Å². The lowest BCUT2D eigenvalue weighted by Crippen LogP contribution is -2.30. The Morgan fingerprint density at radius 3 is 1.69 bits per heavy atom. The third-order valence-electron chi connectivity index (χ3n) is 2.68. The van der Waals surface area contributed by atoms with Crippen LogP contribution in [0, 0.1) is 5.41 Å². The van der Waals surface area contributed by atoms with Gasteiger partial charge in [-0.25, -0.2) is 0 Å². The van der Waals surface area contributed by atoms with Gasteiger partial charge in [-0.05, 0) is 38.7 Å². The summed E-state index contributed by atoms with van der Waals surface area (Å²) in [5.41, 5.74) is 4.99. The highest BCUT2D eigenvalue weighted by Gasteiger charge is 2.18. The summed E-state index contributed by atoms with van der Waals surface area (Å²) in [6.45, 7) is 24.1. The fourth-order valence-electron chi connectivity index (χ4n) is 1.53. The summed E-state index contributed by atoms with van der Waals surface area (Å²) in [6.07, 6.45) is 0. The molecule has 1 nitrogen and oxygen atoms in total. The molecule has 0 rings (SSSR count). The Morgan fingerprint density at radius 1 is 1.00 bits per heavy atom. The van der Waals surface area contributed by atoms with E-state index < -0.39 is 0 Å². The molecule has 0 aliphatic heterocycles. The normalized spacial score (nSPS) is 13.2. The van der Waals surface area contributed by atoms with Crippen molar-refractivity contribution in [2.24, 2.45) is 5.41 Å². The quantitative estimate of drug-likeness (QED) is 0.620. The molecule has 0 saturated heterocycles. The second-order valence-corrected chi connectivity index (χ2v) is 5.87. The number of hydrogen-bond acceptors (Lipinski definition) is 1. The van der Waals surface area contributed by atoms with Gasteiger partial charge in [-0.1, -0.05) is 39.5 Å². The molecule has 16 heavy (non-hydrogen) atoms. The van der Waals surface area contributed by atoms with E-state index in [1.807, 2.05) is 6.92 Å². The first kappa shape index (κ1) is 15.0. The summed E-state index contributed by atoms with van der Waals surface area (Å²) < 4.78 is 0. The Bertz CT molecular complexity index is 313. The van der Waals surface area contributed by atoms with Gasteiger partial charge in [-0.15, -0.1) is 0 Å². The zero-order valence-corrected chi connectivity index (χ0v) is 12.1.